The molecule has 0 atom stereocenters. The highest BCUT2D eigenvalue weighted by Gasteiger charge is 2.20. The zero-order valence-electron chi connectivity index (χ0n) is 18.7. The third kappa shape index (κ3) is 6.60. The number of benzene rings is 3. The van der Waals surface area contributed by atoms with E-state index in [1.54, 1.807) is 61.7 Å². The van der Waals surface area contributed by atoms with E-state index >= 15 is 0 Å². The van der Waals surface area contributed by atoms with Crippen LogP contribution in [0.2, 0.25) is 0 Å². The highest BCUT2D eigenvalue weighted by atomic mass is 16.5. The highest BCUT2D eigenvalue weighted by molar-refractivity contribution is 6.06. The predicted octanol–water partition coefficient (Wildman–Crippen LogP) is 3.04. The summed E-state index contributed by atoms with van der Waals surface area (Å²) in [4.78, 5) is 25.1. The van der Waals surface area contributed by atoms with E-state index in [1.807, 2.05) is 24.3 Å². The first kappa shape index (κ1) is 24.3. The van der Waals surface area contributed by atoms with Crippen LogP contribution >= 0.6 is 0 Å². The van der Waals surface area contributed by atoms with E-state index in [4.69, 9.17) is 14.6 Å². The van der Waals surface area contributed by atoms with Gasteiger partial charge in [-0.1, -0.05) is 30.3 Å². The number of hydrogen-bond donors (Lipinski definition) is 4. The number of amides is 2. The fourth-order valence-electron chi connectivity index (χ4n) is 3.04. The van der Waals surface area contributed by atoms with Gasteiger partial charge in [0, 0.05) is 17.7 Å². The van der Waals surface area contributed by atoms with E-state index in [1.165, 1.54) is 0 Å². The Morgan fingerprint density at radius 3 is 2.29 bits per heavy atom. The molecule has 176 valence electrons. The van der Waals surface area contributed by atoms with Gasteiger partial charge in [0.15, 0.2) is 5.76 Å². The maximum absolute atomic E-state index is 12.6. The Labute approximate surface area is 197 Å². The van der Waals surface area contributed by atoms with Crippen molar-refractivity contribution in [1.82, 2.24) is 10.6 Å². The Balaban J connectivity index is 1.78. The Kier molecular flexibility index (Phi) is 8.65. The van der Waals surface area contributed by atoms with Gasteiger partial charge in [0.1, 0.15) is 23.8 Å². The first-order chi connectivity index (χ1) is 16.5. The normalized spacial score (nSPS) is 11.2. The summed E-state index contributed by atoms with van der Waals surface area (Å²) in [5.41, 5.74) is 1.23. The molecule has 0 bridgehead atoms. The molecule has 0 spiro atoms. The second-order valence-electron chi connectivity index (χ2n) is 7.19. The van der Waals surface area contributed by atoms with Gasteiger partial charge in [0.05, 0.1) is 13.7 Å². The van der Waals surface area contributed by atoms with Crippen LogP contribution in [-0.2, 0) is 11.4 Å². The number of rotatable bonds is 10. The first-order valence-electron chi connectivity index (χ1n) is 10.6. The van der Waals surface area contributed by atoms with Crippen LogP contribution in [-0.4, -0.2) is 42.3 Å². The summed E-state index contributed by atoms with van der Waals surface area (Å²) in [7, 11) is 1.60. The molecule has 0 saturated carbocycles. The molecule has 3 aromatic carbocycles. The Morgan fingerprint density at radius 1 is 0.882 bits per heavy atom. The molecule has 0 aliphatic carbocycles. The van der Waals surface area contributed by atoms with Gasteiger partial charge in [-0.3, -0.25) is 9.59 Å². The molecule has 0 aliphatic rings. The first-order valence-corrected chi connectivity index (χ1v) is 10.6. The van der Waals surface area contributed by atoms with Gasteiger partial charge in [-0.25, -0.2) is 0 Å². The fraction of sp³-hybridized carbons (Fsp3) is 0.154. The monoisotopic (exact) mass is 462 g/mol. The van der Waals surface area contributed by atoms with Crippen molar-refractivity contribution in [3.63, 3.8) is 0 Å². The summed E-state index contributed by atoms with van der Waals surface area (Å²) >= 11 is 0. The van der Waals surface area contributed by atoms with Crippen molar-refractivity contribution < 1.29 is 29.3 Å². The quantitative estimate of drug-likeness (QED) is 0.272. The molecule has 8 heteroatoms. The number of aliphatic hydroxyl groups excluding tert-OH is 2. The van der Waals surface area contributed by atoms with Crippen molar-refractivity contribution in [1.29, 1.82) is 0 Å². The molecule has 0 fully saturated rings. The van der Waals surface area contributed by atoms with Crippen molar-refractivity contribution in [3.05, 3.63) is 101 Å². The lowest BCUT2D eigenvalue weighted by atomic mass is 10.1. The van der Waals surface area contributed by atoms with Crippen LogP contribution in [0.15, 0.2) is 84.6 Å². The second-order valence-corrected chi connectivity index (χ2v) is 7.19. The van der Waals surface area contributed by atoms with Crippen molar-refractivity contribution in [2.24, 2.45) is 0 Å². The van der Waals surface area contributed by atoms with Crippen molar-refractivity contribution >= 4 is 17.6 Å². The summed E-state index contributed by atoms with van der Waals surface area (Å²) in [6, 6.07) is 22.3. The van der Waals surface area contributed by atoms with Crippen LogP contribution in [0.3, 0.4) is 0 Å². The number of hydrogen-bond acceptors (Lipinski definition) is 6. The van der Waals surface area contributed by atoms with Crippen LogP contribution in [0.1, 0.15) is 21.5 Å². The lowest BCUT2D eigenvalue weighted by molar-refractivity contribution is -0.118. The smallest absolute Gasteiger partial charge is 0.271 e. The number of nitrogens with one attached hydrogen (secondary N) is 2. The van der Waals surface area contributed by atoms with E-state index in [0.717, 1.165) is 11.3 Å². The van der Waals surface area contributed by atoms with Crippen LogP contribution in [0, 0.1) is 0 Å². The molecule has 0 saturated heterocycles. The number of carbonyl (C=O) groups excluding carboxylic acids is 2. The summed E-state index contributed by atoms with van der Waals surface area (Å²) in [5, 5.41) is 24.7. The molecule has 8 nitrogen and oxygen atoms in total. The fourth-order valence-corrected chi connectivity index (χ4v) is 3.04. The summed E-state index contributed by atoms with van der Waals surface area (Å²) in [5.74, 6) is -0.414. The molecular formula is C26H26N2O6. The molecule has 0 aromatic heterocycles. The molecular weight excluding hydrogens is 436 g/mol. The Morgan fingerprint density at radius 2 is 1.62 bits per heavy atom. The van der Waals surface area contributed by atoms with Crippen LogP contribution in [0.25, 0.3) is 5.76 Å². The topological polar surface area (TPSA) is 117 Å². The lowest BCUT2D eigenvalue weighted by Crippen LogP contribution is -2.37. The van der Waals surface area contributed by atoms with E-state index in [2.05, 4.69) is 10.6 Å². The largest absolute Gasteiger partial charge is 0.505 e. The molecule has 0 aliphatic heterocycles. The van der Waals surface area contributed by atoms with Gasteiger partial charge in [-0.05, 0) is 54.1 Å². The molecule has 3 aromatic rings. The summed E-state index contributed by atoms with van der Waals surface area (Å²) < 4.78 is 11.0. The predicted molar refractivity (Wildman–Crippen MR) is 127 cm³/mol. The highest BCUT2D eigenvalue weighted by Crippen LogP contribution is 2.21. The maximum atomic E-state index is 12.6. The molecule has 4 N–H and O–H groups in total. The van der Waals surface area contributed by atoms with E-state index < -0.39 is 17.6 Å². The van der Waals surface area contributed by atoms with E-state index in [-0.39, 0.29) is 18.8 Å². The van der Waals surface area contributed by atoms with Crippen molar-refractivity contribution in [2.45, 2.75) is 6.61 Å². The molecule has 0 radical (unpaired) electrons. The van der Waals surface area contributed by atoms with Gasteiger partial charge < -0.3 is 30.3 Å². The van der Waals surface area contributed by atoms with E-state index in [9.17, 15) is 14.7 Å². The third-order valence-electron chi connectivity index (χ3n) is 4.80. The second kappa shape index (κ2) is 12.1. The van der Waals surface area contributed by atoms with Gasteiger partial charge in [-0.15, -0.1) is 0 Å². The van der Waals surface area contributed by atoms with Gasteiger partial charge in [-0.2, -0.15) is 0 Å². The van der Waals surface area contributed by atoms with Gasteiger partial charge >= 0.3 is 0 Å². The van der Waals surface area contributed by atoms with Gasteiger partial charge in [0.25, 0.3) is 11.8 Å². The average Bonchev–Trinajstić information content (AvgIpc) is 2.89. The SMILES string of the molecule is COc1cccc(COc2ccc(/C(O)=C(/NC(=O)c3ccccc3)C(=O)NCCO)cc2)c1. The van der Waals surface area contributed by atoms with Crippen LogP contribution < -0.4 is 20.1 Å². The standard InChI is InChI=1S/C26H26N2O6/c1-33-22-9-5-6-18(16-22)17-34-21-12-10-19(11-13-21)24(30)23(26(32)27-14-15-29)28-25(31)20-7-3-2-4-8-20/h2-13,16,29-30H,14-15,17H2,1H3,(H,27,32)(H,28,31)/b24-23-. The molecule has 34 heavy (non-hydrogen) atoms. The molecule has 3 rings (SSSR count). The van der Waals surface area contributed by atoms with Crippen LogP contribution in [0.5, 0.6) is 11.5 Å². The van der Waals surface area contributed by atoms with Crippen molar-refractivity contribution in [3.8, 4) is 11.5 Å². The van der Waals surface area contributed by atoms with E-state index in [0.29, 0.717) is 23.5 Å². The summed E-state index contributed by atoms with van der Waals surface area (Å²) in [6.45, 7) is -0.0000743. The minimum atomic E-state index is -0.728. The molecule has 0 heterocycles. The zero-order chi connectivity index (χ0) is 24.3. The van der Waals surface area contributed by atoms with Crippen molar-refractivity contribution in [2.75, 3.05) is 20.3 Å². The zero-order valence-corrected chi connectivity index (χ0v) is 18.7. The Hall–Kier alpha value is -4.30. The maximum Gasteiger partial charge on any atom is 0.271 e. The minimum Gasteiger partial charge on any atom is -0.505 e. The lowest BCUT2D eigenvalue weighted by Gasteiger charge is -2.13. The number of ether oxygens (including phenoxy) is 2. The third-order valence-corrected chi connectivity index (χ3v) is 4.80. The van der Waals surface area contributed by atoms with Crippen LogP contribution in [0.4, 0.5) is 0 Å². The molecule has 0 unspecified atom stereocenters. The number of methoxy groups -OCH3 is 1. The minimum absolute atomic E-state index is 0.0339. The number of aliphatic hydroxyl groups is 2. The molecule has 2 amide bonds. The Bertz CT molecular complexity index is 1140. The summed E-state index contributed by atoms with van der Waals surface area (Å²) in [6.07, 6.45) is 0. The van der Waals surface area contributed by atoms with Gasteiger partial charge in [0.2, 0.25) is 0 Å². The number of carbonyl (C=O) groups is 2. The average molecular weight is 463 g/mol.